The van der Waals surface area contributed by atoms with Crippen molar-refractivity contribution in [3.8, 4) is 0 Å². The highest BCUT2D eigenvalue weighted by atomic mass is 16.7. The number of ether oxygens (including phenoxy) is 2. The highest BCUT2D eigenvalue weighted by Gasteiger charge is 2.35. The fourth-order valence-corrected chi connectivity index (χ4v) is 2.23. The van der Waals surface area contributed by atoms with Gasteiger partial charge in [0.15, 0.2) is 6.29 Å². The van der Waals surface area contributed by atoms with Gasteiger partial charge in [0.2, 0.25) is 0 Å². The Balaban J connectivity index is 2.66. The van der Waals surface area contributed by atoms with E-state index in [0.29, 0.717) is 6.42 Å². The number of rotatable bonds is 6. The quantitative estimate of drug-likeness (QED) is 0.538. The fraction of sp³-hybridized carbons (Fsp3) is 0.667. The zero-order valence-electron chi connectivity index (χ0n) is 11.9. The maximum atomic E-state index is 12.2. The second-order valence-corrected chi connectivity index (χ2v) is 5.30. The van der Waals surface area contributed by atoms with Crippen molar-refractivity contribution in [1.82, 2.24) is 0 Å². The topological polar surface area (TPSA) is 35.5 Å². The normalized spacial score (nSPS) is 27.8. The van der Waals surface area contributed by atoms with Crippen LogP contribution in [0.1, 0.15) is 33.1 Å². The van der Waals surface area contributed by atoms with Crippen molar-refractivity contribution in [2.75, 3.05) is 14.2 Å². The molecule has 0 radical (unpaired) electrons. The van der Waals surface area contributed by atoms with Gasteiger partial charge in [-0.05, 0) is 26.7 Å². The van der Waals surface area contributed by atoms with E-state index in [1.807, 2.05) is 19.9 Å². The van der Waals surface area contributed by atoms with Gasteiger partial charge in [-0.25, -0.2) is 0 Å². The van der Waals surface area contributed by atoms with E-state index in [-0.39, 0.29) is 23.4 Å². The van der Waals surface area contributed by atoms with Crippen LogP contribution in [0, 0.1) is 11.3 Å². The van der Waals surface area contributed by atoms with Crippen molar-refractivity contribution < 1.29 is 14.3 Å². The molecule has 1 aliphatic rings. The third kappa shape index (κ3) is 3.53. The van der Waals surface area contributed by atoms with E-state index in [9.17, 15) is 4.79 Å². The Labute approximate surface area is 110 Å². The van der Waals surface area contributed by atoms with Crippen molar-refractivity contribution in [3.05, 3.63) is 24.3 Å². The van der Waals surface area contributed by atoms with Crippen molar-refractivity contribution in [1.29, 1.82) is 0 Å². The van der Waals surface area contributed by atoms with Gasteiger partial charge in [0.1, 0.15) is 5.78 Å². The maximum absolute atomic E-state index is 12.2. The van der Waals surface area contributed by atoms with Crippen LogP contribution in [0.5, 0.6) is 0 Å². The average molecular weight is 252 g/mol. The van der Waals surface area contributed by atoms with E-state index in [1.165, 1.54) is 0 Å². The van der Waals surface area contributed by atoms with Gasteiger partial charge in [0.05, 0.1) is 0 Å². The van der Waals surface area contributed by atoms with Gasteiger partial charge >= 0.3 is 0 Å². The number of hydrogen-bond donors (Lipinski definition) is 0. The molecule has 18 heavy (non-hydrogen) atoms. The van der Waals surface area contributed by atoms with Crippen LogP contribution in [-0.2, 0) is 14.3 Å². The number of ketones is 1. The van der Waals surface area contributed by atoms with Crippen LogP contribution in [0.15, 0.2) is 24.3 Å². The Morgan fingerprint density at radius 2 is 2.17 bits per heavy atom. The minimum absolute atomic E-state index is 0.200. The third-order valence-corrected chi connectivity index (χ3v) is 3.80. The molecule has 0 aromatic rings. The zero-order valence-corrected chi connectivity index (χ0v) is 11.9. The maximum Gasteiger partial charge on any atom is 0.156 e. The van der Waals surface area contributed by atoms with Gasteiger partial charge in [0, 0.05) is 32.0 Å². The Kier molecular flexibility index (Phi) is 5.29. The lowest BCUT2D eigenvalue weighted by Gasteiger charge is -2.32. The van der Waals surface area contributed by atoms with Crippen LogP contribution in [0.2, 0.25) is 0 Å². The highest BCUT2D eigenvalue weighted by Crippen LogP contribution is 2.36. The molecule has 0 aromatic carbocycles. The summed E-state index contributed by atoms with van der Waals surface area (Å²) in [4.78, 5) is 12.2. The molecule has 0 spiro atoms. The van der Waals surface area contributed by atoms with E-state index in [4.69, 9.17) is 9.47 Å². The molecule has 0 fully saturated rings. The van der Waals surface area contributed by atoms with Gasteiger partial charge in [-0.15, -0.1) is 0 Å². The standard InChI is InChI=1S/C15H24O3/c1-11(2)12-6-8-15(3,13(16)10-12)9-7-14(17-4)18-5/h6,8,12,14H,1,7,9-10H2,2-5H3. The predicted molar refractivity (Wildman–Crippen MR) is 72.2 cm³/mol. The summed E-state index contributed by atoms with van der Waals surface area (Å²) in [6.45, 7) is 7.88. The smallest absolute Gasteiger partial charge is 0.156 e. The zero-order chi connectivity index (χ0) is 13.8. The Hall–Kier alpha value is -0.930. The summed E-state index contributed by atoms with van der Waals surface area (Å²) >= 11 is 0. The predicted octanol–water partition coefficient (Wildman–Crippen LogP) is 3.11. The first-order chi connectivity index (χ1) is 8.42. The summed E-state index contributed by atoms with van der Waals surface area (Å²) in [7, 11) is 3.23. The second kappa shape index (κ2) is 6.30. The van der Waals surface area contributed by atoms with Crippen LogP contribution in [0.25, 0.3) is 0 Å². The highest BCUT2D eigenvalue weighted by molar-refractivity contribution is 5.88. The van der Waals surface area contributed by atoms with Gasteiger partial charge < -0.3 is 9.47 Å². The first-order valence-electron chi connectivity index (χ1n) is 6.36. The molecule has 0 heterocycles. The molecule has 3 heteroatoms. The molecule has 0 saturated heterocycles. The Morgan fingerprint density at radius 3 is 2.61 bits per heavy atom. The van der Waals surface area contributed by atoms with Crippen molar-refractivity contribution in [2.45, 2.75) is 39.4 Å². The third-order valence-electron chi connectivity index (χ3n) is 3.80. The molecule has 0 bridgehead atoms. The summed E-state index contributed by atoms with van der Waals surface area (Å²) in [5.41, 5.74) is 0.662. The molecular formula is C15H24O3. The van der Waals surface area contributed by atoms with Crippen molar-refractivity contribution in [3.63, 3.8) is 0 Å². The van der Waals surface area contributed by atoms with Gasteiger partial charge in [-0.2, -0.15) is 0 Å². The summed E-state index contributed by atoms with van der Waals surface area (Å²) in [6.07, 6.45) is 5.93. The van der Waals surface area contributed by atoms with E-state index < -0.39 is 0 Å². The minimum Gasteiger partial charge on any atom is -0.356 e. The summed E-state index contributed by atoms with van der Waals surface area (Å²) < 4.78 is 10.3. The summed E-state index contributed by atoms with van der Waals surface area (Å²) in [6, 6.07) is 0. The fourth-order valence-electron chi connectivity index (χ4n) is 2.23. The number of carbonyl (C=O) groups excluding carboxylic acids is 1. The molecular weight excluding hydrogens is 228 g/mol. The molecule has 0 amide bonds. The van der Waals surface area contributed by atoms with E-state index in [1.54, 1.807) is 14.2 Å². The lowest BCUT2D eigenvalue weighted by Crippen LogP contribution is -2.32. The second-order valence-electron chi connectivity index (χ2n) is 5.30. The first kappa shape index (κ1) is 15.1. The number of methoxy groups -OCH3 is 2. The number of carbonyl (C=O) groups is 1. The first-order valence-corrected chi connectivity index (χ1v) is 6.36. The molecule has 1 rings (SSSR count). The molecule has 0 saturated carbocycles. The summed E-state index contributed by atoms with van der Waals surface area (Å²) in [5.74, 6) is 0.482. The lowest BCUT2D eigenvalue weighted by molar-refractivity contribution is -0.130. The van der Waals surface area contributed by atoms with E-state index in [0.717, 1.165) is 18.4 Å². The molecule has 3 nitrogen and oxygen atoms in total. The molecule has 0 aromatic heterocycles. The van der Waals surface area contributed by atoms with Gasteiger partial charge in [-0.1, -0.05) is 24.3 Å². The largest absolute Gasteiger partial charge is 0.356 e. The molecule has 1 aliphatic carbocycles. The number of allylic oxidation sites excluding steroid dienone is 3. The molecule has 2 unspecified atom stereocenters. The average Bonchev–Trinajstić information content (AvgIpc) is 2.34. The number of hydrogen-bond acceptors (Lipinski definition) is 3. The minimum atomic E-state index is -0.388. The summed E-state index contributed by atoms with van der Waals surface area (Å²) in [5, 5.41) is 0. The van der Waals surface area contributed by atoms with Gasteiger partial charge in [-0.3, -0.25) is 4.79 Å². The number of Topliss-reactive ketones (excluding diaryl/α,β-unsaturated/α-hetero) is 1. The monoisotopic (exact) mass is 252 g/mol. The van der Waals surface area contributed by atoms with Crippen LogP contribution < -0.4 is 0 Å². The van der Waals surface area contributed by atoms with Crippen LogP contribution >= 0.6 is 0 Å². The molecule has 2 atom stereocenters. The Bertz CT molecular complexity index is 342. The lowest BCUT2D eigenvalue weighted by atomic mass is 9.72. The molecule has 0 aliphatic heterocycles. The van der Waals surface area contributed by atoms with Crippen LogP contribution in [0.4, 0.5) is 0 Å². The van der Waals surface area contributed by atoms with E-state index in [2.05, 4.69) is 12.7 Å². The van der Waals surface area contributed by atoms with Gasteiger partial charge in [0.25, 0.3) is 0 Å². The Morgan fingerprint density at radius 1 is 1.56 bits per heavy atom. The van der Waals surface area contributed by atoms with Crippen LogP contribution in [-0.4, -0.2) is 26.3 Å². The SMILES string of the molecule is C=C(C)C1C=CC(C)(CCC(OC)OC)C(=O)C1. The van der Waals surface area contributed by atoms with E-state index >= 15 is 0 Å². The van der Waals surface area contributed by atoms with Crippen LogP contribution in [0.3, 0.4) is 0 Å². The molecule has 0 N–H and O–H groups in total. The van der Waals surface area contributed by atoms with Crippen molar-refractivity contribution >= 4 is 5.78 Å². The molecule has 102 valence electrons. The van der Waals surface area contributed by atoms with Crippen molar-refractivity contribution in [2.24, 2.45) is 11.3 Å².